The van der Waals surface area contributed by atoms with Crippen LogP contribution in [0.3, 0.4) is 0 Å². The van der Waals surface area contributed by atoms with Crippen LogP contribution in [0.1, 0.15) is 40.5 Å². The Kier molecular flexibility index (Phi) is 15.0. The highest BCUT2D eigenvalue weighted by molar-refractivity contribution is 5.76. The van der Waals surface area contributed by atoms with E-state index in [2.05, 4.69) is 31.4 Å². The summed E-state index contributed by atoms with van der Waals surface area (Å²) in [5.41, 5.74) is 0.0374. The predicted octanol–water partition coefficient (Wildman–Crippen LogP) is 1.72. The first-order valence-corrected chi connectivity index (χ1v) is 9.32. The minimum Gasteiger partial charge on any atom is -0.450 e. The molecule has 0 radical (unpaired) electrons. The van der Waals surface area contributed by atoms with Crippen LogP contribution >= 0.6 is 0 Å². The molecule has 0 heterocycles. The molecule has 0 aromatic carbocycles. The van der Waals surface area contributed by atoms with Crippen molar-refractivity contribution in [3.63, 3.8) is 0 Å². The van der Waals surface area contributed by atoms with E-state index in [1.807, 2.05) is 0 Å². The number of alkyl carbamates (subject to hydrolysis) is 1. The molecular formula is C18H36N2O6. The standard InChI is InChI=1S/C18H36N2O6/c1-5-18(3,4)15-16(21)19-7-9-23-11-13-25-14-12-24-10-8-20-17(22)26-6-2/h5-15H2,1-4H3,(H,19,21)(H,20,22). The zero-order valence-corrected chi connectivity index (χ0v) is 16.7. The largest absolute Gasteiger partial charge is 0.450 e. The van der Waals surface area contributed by atoms with Crippen LogP contribution in [-0.2, 0) is 23.7 Å². The summed E-state index contributed by atoms with van der Waals surface area (Å²) in [7, 11) is 0. The van der Waals surface area contributed by atoms with E-state index < -0.39 is 6.09 Å². The molecule has 0 rings (SSSR count). The highest BCUT2D eigenvalue weighted by Gasteiger charge is 2.19. The van der Waals surface area contributed by atoms with Gasteiger partial charge in [0.05, 0.1) is 46.2 Å². The number of ether oxygens (including phenoxy) is 4. The molecule has 0 saturated heterocycles. The predicted molar refractivity (Wildman–Crippen MR) is 99.2 cm³/mol. The molecule has 0 aromatic rings. The van der Waals surface area contributed by atoms with Crippen molar-refractivity contribution in [2.45, 2.75) is 40.5 Å². The zero-order chi connectivity index (χ0) is 19.7. The Morgan fingerprint density at radius 2 is 1.31 bits per heavy atom. The van der Waals surface area contributed by atoms with Crippen LogP contribution in [-0.4, -0.2) is 71.3 Å². The Bertz CT molecular complexity index is 377. The number of amides is 2. The molecule has 0 aromatic heterocycles. The first kappa shape index (κ1) is 24.6. The highest BCUT2D eigenvalue weighted by atomic mass is 16.6. The minimum atomic E-state index is -0.435. The van der Waals surface area contributed by atoms with Crippen molar-refractivity contribution in [1.29, 1.82) is 0 Å². The van der Waals surface area contributed by atoms with Gasteiger partial charge in [-0.2, -0.15) is 0 Å². The maximum atomic E-state index is 11.7. The van der Waals surface area contributed by atoms with E-state index in [9.17, 15) is 9.59 Å². The van der Waals surface area contributed by atoms with E-state index >= 15 is 0 Å². The zero-order valence-electron chi connectivity index (χ0n) is 16.7. The van der Waals surface area contributed by atoms with Crippen molar-refractivity contribution in [2.24, 2.45) is 5.41 Å². The lowest BCUT2D eigenvalue weighted by molar-refractivity contribution is -0.123. The van der Waals surface area contributed by atoms with E-state index in [1.54, 1.807) is 6.92 Å². The molecule has 0 bridgehead atoms. The average molecular weight is 376 g/mol. The van der Waals surface area contributed by atoms with E-state index in [-0.39, 0.29) is 11.3 Å². The van der Waals surface area contributed by atoms with Gasteiger partial charge in [0.2, 0.25) is 5.91 Å². The van der Waals surface area contributed by atoms with Gasteiger partial charge < -0.3 is 29.6 Å². The monoisotopic (exact) mass is 376 g/mol. The van der Waals surface area contributed by atoms with Gasteiger partial charge in [-0.25, -0.2) is 4.79 Å². The summed E-state index contributed by atoms with van der Waals surface area (Å²) in [4.78, 5) is 22.7. The lowest BCUT2D eigenvalue weighted by Crippen LogP contribution is -2.31. The average Bonchev–Trinajstić information content (AvgIpc) is 2.58. The highest BCUT2D eigenvalue weighted by Crippen LogP contribution is 2.23. The van der Waals surface area contributed by atoms with Crippen LogP contribution in [0.5, 0.6) is 0 Å². The molecule has 26 heavy (non-hydrogen) atoms. The van der Waals surface area contributed by atoms with Gasteiger partial charge in [0.15, 0.2) is 0 Å². The Balaban J connectivity index is 3.27. The molecule has 0 atom stereocenters. The Morgan fingerprint density at radius 1 is 0.808 bits per heavy atom. The molecule has 0 spiro atoms. The number of nitrogens with one attached hydrogen (secondary N) is 2. The summed E-state index contributed by atoms with van der Waals surface area (Å²) >= 11 is 0. The van der Waals surface area contributed by atoms with Crippen molar-refractivity contribution in [3.05, 3.63) is 0 Å². The van der Waals surface area contributed by atoms with Crippen LogP contribution < -0.4 is 10.6 Å². The van der Waals surface area contributed by atoms with Gasteiger partial charge in [0.1, 0.15) is 0 Å². The van der Waals surface area contributed by atoms with Crippen molar-refractivity contribution in [1.82, 2.24) is 10.6 Å². The van der Waals surface area contributed by atoms with Gasteiger partial charge >= 0.3 is 6.09 Å². The van der Waals surface area contributed by atoms with Crippen LogP contribution in [0, 0.1) is 5.41 Å². The number of rotatable bonds is 16. The minimum absolute atomic E-state index is 0.0374. The van der Waals surface area contributed by atoms with Gasteiger partial charge in [-0.05, 0) is 12.3 Å². The third-order valence-corrected chi connectivity index (χ3v) is 3.70. The fourth-order valence-corrected chi connectivity index (χ4v) is 1.83. The molecule has 8 heteroatoms. The first-order chi connectivity index (χ1) is 12.4. The molecule has 0 aliphatic carbocycles. The Hall–Kier alpha value is -1.38. The first-order valence-electron chi connectivity index (χ1n) is 9.32. The fraction of sp³-hybridized carbons (Fsp3) is 0.889. The molecule has 2 N–H and O–H groups in total. The number of hydrogen-bond donors (Lipinski definition) is 2. The summed E-state index contributed by atoms with van der Waals surface area (Å²) in [5, 5.41) is 5.42. The van der Waals surface area contributed by atoms with Crippen LogP contribution in [0.15, 0.2) is 0 Å². The number of carbonyl (C=O) groups excluding carboxylic acids is 2. The summed E-state index contributed by atoms with van der Waals surface area (Å²) in [6.07, 6.45) is 1.07. The lowest BCUT2D eigenvalue weighted by atomic mass is 9.86. The fourth-order valence-electron chi connectivity index (χ4n) is 1.83. The van der Waals surface area contributed by atoms with E-state index in [1.165, 1.54) is 0 Å². The van der Waals surface area contributed by atoms with Crippen molar-refractivity contribution in [3.8, 4) is 0 Å². The smallest absolute Gasteiger partial charge is 0.407 e. The molecule has 0 aliphatic rings. The second kappa shape index (κ2) is 15.8. The van der Waals surface area contributed by atoms with Gasteiger partial charge in [0, 0.05) is 19.5 Å². The molecule has 0 aliphatic heterocycles. The quantitative estimate of drug-likeness (QED) is 0.398. The molecular weight excluding hydrogens is 340 g/mol. The molecule has 0 fully saturated rings. The number of carbonyl (C=O) groups is 2. The summed E-state index contributed by atoms with van der Waals surface area (Å²) < 4.78 is 20.8. The van der Waals surface area contributed by atoms with Gasteiger partial charge in [-0.3, -0.25) is 4.79 Å². The molecule has 154 valence electrons. The second-order valence-electron chi connectivity index (χ2n) is 6.53. The number of hydrogen-bond acceptors (Lipinski definition) is 6. The summed E-state index contributed by atoms with van der Waals surface area (Å²) in [6, 6.07) is 0. The molecule has 0 unspecified atom stereocenters. The van der Waals surface area contributed by atoms with Crippen molar-refractivity contribution in [2.75, 3.05) is 59.3 Å². The normalized spacial score (nSPS) is 11.2. The molecule has 8 nitrogen and oxygen atoms in total. The SMILES string of the molecule is CCOC(=O)NCCOCCOCCOCCNC(=O)CC(C)(C)CC. The molecule has 2 amide bonds. The summed E-state index contributed by atoms with van der Waals surface area (Å²) in [5.74, 6) is 0.0614. The van der Waals surface area contributed by atoms with Crippen molar-refractivity contribution < 1.29 is 28.5 Å². The van der Waals surface area contributed by atoms with E-state index in [4.69, 9.17) is 18.9 Å². The van der Waals surface area contributed by atoms with Crippen molar-refractivity contribution >= 4 is 12.0 Å². The summed E-state index contributed by atoms with van der Waals surface area (Å²) in [6.45, 7) is 12.0. The topological polar surface area (TPSA) is 95.1 Å². The maximum Gasteiger partial charge on any atom is 0.407 e. The van der Waals surface area contributed by atoms with Crippen LogP contribution in [0.4, 0.5) is 4.79 Å². The Morgan fingerprint density at radius 3 is 1.81 bits per heavy atom. The van der Waals surface area contributed by atoms with Gasteiger partial charge in [-0.15, -0.1) is 0 Å². The van der Waals surface area contributed by atoms with Crippen LogP contribution in [0.25, 0.3) is 0 Å². The van der Waals surface area contributed by atoms with Crippen LogP contribution in [0.2, 0.25) is 0 Å². The Labute approximate surface area is 157 Å². The van der Waals surface area contributed by atoms with E-state index in [0.29, 0.717) is 65.8 Å². The van der Waals surface area contributed by atoms with Gasteiger partial charge in [0.25, 0.3) is 0 Å². The molecule has 0 saturated carbocycles. The second-order valence-corrected chi connectivity index (χ2v) is 6.53. The van der Waals surface area contributed by atoms with E-state index in [0.717, 1.165) is 6.42 Å². The third-order valence-electron chi connectivity index (χ3n) is 3.70. The third kappa shape index (κ3) is 16.1. The lowest BCUT2D eigenvalue weighted by Gasteiger charge is -2.21. The maximum absolute atomic E-state index is 11.7. The van der Waals surface area contributed by atoms with Gasteiger partial charge in [-0.1, -0.05) is 27.2 Å².